The Kier molecular flexibility index (Phi) is 24.8. The molecular formula is C20H42O5. The molecule has 0 aliphatic rings. The minimum Gasteiger partial charge on any atom is -0.481 e. The van der Waals surface area contributed by atoms with Gasteiger partial charge in [-0.3, -0.25) is 4.79 Å². The first-order chi connectivity index (χ1) is 12.1. The summed E-state index contributed by atoms with van der Waals surface area (Å²) in [5, 5.41) is 32.5. The number of aliphatic hydroxyl groups is 3. The highest BCUT2D eigenvalue weighted by atomic mass is 16.4. The Morgan fingerprint density at radius 3 is 1.24 bits per heavy atom. The van der Waals surface area contributed by atoms with Crippen molar-refractivity contribution < 1.29 is 25.2 Å². The molecule has 0 atom stereocenters. The maximum atomic E-state index is 10.3. The van der Waals surface area contributed by atoms with Gasteiger partial charge in [-0.2, -0.15) is 0 Å². The summed E-state index contributed by atoms with van der Waals surface area (Å²) in [6, 6.07) is 0. The molecule has 5 heteroatoms. The maximum absolute atomic E-state index is 10.3. The van der Waals surface area contributed by atoms with Crippen molar-refractivity contribution in [3.63, 3.8) is 0 Å². The zero-order chi connectivity index (χ0) is 19.2. The van der Waals surface area contributed by atoms with Gasteiger partial charge in [-0.1, -0.05) is 90.4 Å². The van der Waals surface area contributed by atoms with E-state index in [2.05, 4.69) is 6.92 Å². The monoisotopic (exact) mass is 362 g/mol. The summed E-state index contributed by atoms with van der Waals surface area (Å²) in [5.41, 5.74) is 0. The van der Waals surface area contributed by atoms with Gasteiger partial charge in [0, 0.05) is 6.42 Å². The lowest BCUT2D eigenvalue weighted by atomic mass is 10.0. The molecule has 0 aromatic carbocycles. The molecule has 0 heterocycles. The van der Waals surface area contributed by atoms with E-state index in [-0.39, 0.29) is 13.2 Å². The Morgan fingerprint density at radius 2 is 1.00 bits per heavy atom. The second-order valence-electron chi connectivity index (χ2n) is 6.76. The third-order valence-corrected chi connectivity index (χ3v) is 4.17. The minimum absolute atomic E-state index is 0.345. The molecule has 0 fully saturated rings. The van der Waals surface area contributed by atoms with Crippen LogP contribution in [0.15, 0.2) is 0 Å². The topological polar surface area (TPSA) is 98.0 Å². The van der Waals surface area contributed by atoms with Crippen molar-refractivity contribution >= 4 is 5.97 Å². The van der Waals surface area contributed by atoms with Crippen LogP contribution in [0.1, 0.15) is 103 Å². The standard InChI is InChI=1S/C17H34O2.C3H8O3/c1-2-3-4-5-6-7-8-9-10-11-12-13-14-15-16-17(18)19;4-1-3(6)2-5/h2-16H2,1H3,(H,18,19);3-6H,1-2H2. The molecule has 0 bridgehead atoms. The molecule has 4 N–H and O–H groups in total. The van der Waals surface area contributed by atoms with Gasteiger partial charge in [0.05, 0.1) is 13.2 Å². The fraction of sp³-hybridized carbons (Fsp3) is 0.950. The molecule has 0 saturated carbocycles. The minimum atomic E-state index is -0.954. The van der Waals surface area contributed by atoms with Crippen LogP contribution in [0.25, 0.3) is 0 Å². The lowest BCUT2D eigenvalue weighted by Gasteiger charge is -2.02. The number of hydrogen-bond acceptors (Lipinski definition) is 4. The van der Waals surface area contributed by atoms with Gasteiger partial charge in [0.15, 0.2) is 0 Å². The van der Waals surface area contributed by atoms with Crippen molar-refractivity contribution in [3.05, 3.63) is 0 Å². The number of aliphatic carboxylic acids is 1. The summed E-state index contributed by atoms with van der Waals surface area (Å²) in [6.45, 7) is 1.54. The van der Waals surface area contributed by atoms with Gasteiger partial charge in [-0.15, -0.1) is 0 Å². The highest BCUT2D eigenvalue weighted by Crippen LogP contribution is 2.13. The number of carbonyl (C=O) groups is 1. The normalized spacial score (nSPS) is 10.6. The zero-order valence-corrected chi connectivity index (χ0v) is 16.3. The van der Waals surface area contributed by atoms with E-state index in [9.17, 15) is 4.79 Å². The Hall–Kier alpha value is -0.650. The van der Waals surface area contributed by atoms with Crippen LogP contribution in [0.2, 0.25) is 0 Å². The van der Waals surface area contributed by atoms with E-state index in [1.807, 2.05) is 0 Å². The lowest BCUT2D eigenvalue weighted by Crippen LogP contribution is -2.15. The highest BCUT2D eigenvalue weighted by Gasteiger charge is 1.97. The Labute approximate surface area is 154 Å². The summed E-state index contributed by atoms with van der Waals surface area (Å²) < 4.78 is 0. The van der Waals surface area contributed by atoms with E-state index in [0.717, 1.165) is 12.8 Å². The second-order valence-corrected chi connectivity index (χ2v) is 6.76. The maximum Gasteiger partial charge on any atom is 0.303 e. The summed E-state index contributed by atoms with van der Waals surface area (Å²) in [5.74, 6) is -0.654. The summed E-state index contributed by atoms with van der Waals surface area (Å²) in [7, 11) is 0. The van der Waals surface area contributed by atoms with Crippen molar-refractivity contribution in [2.75, 3.05) is 13.2 Å². The molecule has 0 aliphatic carbocycles. The predicted octanol–water partition coefficient (Wildman–Crippen LogP) is 4.27. The van der Waals surface area contributed by atoms with E-state index in [1.165, 1.54) is 77.0 Å². The second kappa shape index (κ2) is 23.4. The van der Waals surface area contributed by atoms with Gasteiger partial charge >= 0.3 is 5.97 Å². The predicted molar refractivity (Wildman–Crippen MR) is 103 cm³/mol. The molecular weight excluding hydrogens is 320 g/mol. The van der Waals surface area contributed by atoms with Crippen LogP contribution in [0, 0.1) is 0 Å². The smallest absolute Gasteiger partial charge is 0.303 e. The van der Waals surface area contributed by atoms with Crippen molar-refractivity contribution in [1.29, 1.82) is 0 Å². The summed E-state index contributed by atoms with van der Waals surface area (Å²) in [4.78, 5) is 10.3. The molecule has 0 amide bonds. The van der Waals surface area contributed by atoms with Crippen molar-refractivity contribution in [1.82, 2.24) is 0 Å². The van der Waals surface area contributed by atoms with Crippen LogP contribution in [-0.4, -0.2) is 45.7 Å². The Balaban J connectivity index is 0. The van der Waals surface area contributed by atoms with Crippen molar-refractivity contribution in [2.24, 2.45) is 0 Å². The Morgan fingerprint density at radius 1 is 0.680 bits per heavy atom. The van der Waals surface area contributed by atoms with E-state index < -0.39 is 12.1 Å². The molecule has 0 aliphatic heterocycles. The first kappa shape index (κ1) is 26.6. The van der Waals surface area contributed by atoms with Crippen LogP contribution in [0.5, 0.6) is 0 Å². The summed E-state index contributed by atoms with van der Waals surface area (Å²) in [6.07, 6.45) is 17.8. The number of unbranched alkanes of at least 4 members (excludes halogenated alkanes) is 13. The van der Waals surface area contributed by atoms with Gasteiger partial charge in [0.1, 0.15) is 6.10 Å². The quantitative estimate of drug-likeness (QED) is 0.290. The van der Waals surface area contributed by atoms with E-state index >= 15 is 0 Å². The highest BCUT2D eigenvalue weighted by molar-refractivity contribution is 5.66. The molecule has 0 spiro atoms. The third-order valence-electron chi connectivity index (χ3n) is 4.17. The average molecular weight is 363 g/mol. The average Bonchev–Trinajstić information content (AvgIpc) is 2.61. The molecule has 0 aromatic heterocycles. The van der Waals surface area contributed by atoms with Gasteiger partial charge in [-0.05, 0) is 6.42 Å². The third kappa shape index (κ3) is 28.4. The van der Waals surface area contributed by atoms with Crippen LogP contribution < -0.4 is 0 Å². The molecule has 0 unspecified atom stereocenters. The SMILES string of the molecule is CCCCCCCCCCCCCCCCC(=O)O.OCC(O)CO. The van der Waals surface area contributed by atoms with E-state index in [4.69, 9.17) is 20.4 Å². The largest absolute Gasteiger partial charge is 0.481 e. The van der Waals surface area contributed by atoms with Crippen molar-refractivity contribution in [2.45, 2.75) is 109 Å². The van der Waals surface area contributed by atoms with E-state index in [0.29, 0.717) is 6.42 Å². The number of carboxylic acids is 1. The van der Waals surface area contributed by atoms with Gasteiger partial charge < -0.3 is 20.4 Å². The van der Waals surface area contributed by atoms with Crippen LogP contribution in [-0.2, 0) is 4.79 Å². The number of hydrogen-bond donors (Lipinski definition) is 4. The molecule has 25 heavy (non-hydrogen) atoms. The number of carboxylic acid groups (broad SMARTS) is 1. The number of aliphatic hydroxyl groups excluding tert-OH is 3. The first-order valence-corrected chi connectivity index (χ1v) is 10.2. The lowest BCUT2D eigenvalue weighted by molar-refractivity contribution is -0.137. The van der Waals surface area contributed by atoms with Gasteiger partial charge in [0.25, 0.3) is 0 Å². The molecule has 0 radical (unpaired) electrons. The Bertz CT molecular complexity index is 254. The molecule has 0 saturated heterocycles. The van der Waals surface area contributed by atoms with E-state index in [1.54, 1.807) is 0 Å². The first-order valence-electron chi connectivity index (χ1n) is 10.2. The molecule has 152 valence electrons. The van der Waals surface area contributed by atoms with Gasteiger partial charge in [-0.25, -0.2) is 0 Å². The van der Waals surface area contributed by atoms with Crippen LogP contribution >= 0.6 is 0 Å². The molecule has 0 rings (SSSR count). The van der Waals surface area contributed by atoms with Crippen LogP contribution in [0.3, 0.4) is 0 Å². The van der Waals surface area contributed by atoms with Crippen LogP contribution in [0.4, 0.5) is 0 Å². The fourth-order valence-electron chi connectivity index (χ4n) is 2.53. The summed E-state index contributed by atoms with van der Waals surface area (Å²) >= 11 is 0. The molecule has 0 aromatic rings. The van der Waals surface area contributed by atoms with Crippen molar-refractivity contribution in [3.8, 4) is 0 Å². The number of rotatable bonds is 17. The fourth-order valence-corrected chi connectivity index (χ4v) is 2.53. The zero-order valence-electron chi connectivity index (χ0n) is 16.3. The van der Waals surface area contributed by atoms with Gasteiger partial charge in [0.2, 0.25) is 0 Å². The molecule has 5 nitrogen and oxygen atoms in total.